The fraction of sp³-hybridized carbons (Fsp3) is 0.391. The van der Waals surface area contributed by atoms with Crippen molar-refractivity contribution in [2.45, 2.75) is 36.7 Å². The number of nitrogens with zero attached hydrogens (tertiary/aromatic N) is 2. The van der Waals surface area contributed by atoms with Crippen molar-refractivity contribution in [3.8, 4) is 5.75 Å². The quantitative estimate of drug-likeness (QED) is 0.310. The number of rotatable bonds is 9. The summed E-state index contributed by atoms with van der Waals surface area (Å²) in [5.74, 6) is 1.36. The van der Waals surface area contributed by atoms with Crippen molar-refractivity contribution in [2.75, 3.05) is 30.9 Å². The number of methoxy groups -OCH3 is 1. The average Bonchev–Trinajstić information content (AvgIpc) is 3.45. The third kappa shape index (κ3) is 5.75. The van der Waals surface area contributed by atoms with Gasteiger partial charge in [0.1, 0.15) is 11.6 Å². The molecule has 1 atom stereocenters. The van der Waals surface area contributed by atoms with Gasteiger partial charge in [-0.25, -0.2) is 9.37 Å². The Morgan fingerprint density at radius 2 is 2.16 bits per heavy atom. The number of hydrogen-bond donors (Lipinski definition) is 0. The number of carbonyl (C=O) groups excluding carboxylic acids is 1. The smallest absolute Gasteiger partial charge is 0.228 e. The largest absolute Gasteiger partial charge is 0.497 e. The molecule has 5 nitrogen and oxygen atoms in total. The predicted octanol–water partition coefficient (Wildman–Crippen LogP) is 5.53. The fourth-order valence-corrected chi connectivity index (χ4v) is 5.32. The minimum atomic E-state index is -0.238. The lowest BCUT2D eigenvalue weighted by atomic mass is 10.2. The van der Waals surface area contributed by atoms with Crippen LogP contribution < -0.4 is 9.64 Å². The van der Waals surface area contributed by atoms with E-state index in [2.05, 4.69) is 0 Å². The Bertz CT molecular complexity index is 1020. The van der Waals surface area contributed by atoms with Crippen LogP contribution >= 0.6 is 23.1 Å². The summed E-state index contributed by atoms with van der Waals surface area (Å²) in [5.41, 5.74) is 0.830. The van der Waals surface area contributed by atoms with E-state index in [0.29, 0.717) is 18.1 Å². The van der Waals surface area contributed by atoms with Crippen LogP contribution in [0.2, 0.25) is 0 Å². The van der Waals surface area contributed by atoms with E-state index in [1.807, 2.05) is 18.2 Å². The first-order valence-electron chi connectivity index (χ1n) is 10.4. The predicted molar refractivity (Wildman–Crippen MR) is 124 cm³/mol. The number of amides is 1. The SMILES string of the molecule is COc1ccc2sc(N(CC3CCCO3)C(=O)CCCSc3ccc(F)cc3)nc2c1. The number of benzene rings is 2. The number of hydrogen-bond acceptors (Lipinski definition) is 6. The molecule has 1 aromatic heterocycles. The zero-order chi connectivity index (χ0) is 21.6. The fourth-order valence-electron chi connectivity index (χ4n) is 3.50. The van der Waals surface area contributed by atoms with Crippen LogP contribution in [0.1, 0.15) is 25.7 Å². The molecule has 2 aromatic carbocycles. The molecule has 0 N–H and O–H groups in total. The lowest BCUT2D eigenvalue weighted by Gasteiger charge is -2.23. The molecule has 0 aliphatic carbocycles. The van der Waals surface area contributed by atoms with Crippen LogP contribution in [0.15, 0.2) is 47.4 Å². The lowest BCUT2D eigenvalue weighted by Crippen LogP contribution is -2.37. The van der Waals surface area contributed by atoms with Gasteiger partial charge in [0.15, 0.2) is 5.13 Å². The second-order valence-electron chi connectivity index (χ2n) is 7.38. The van der Waals surface area contributed by atoms with Crippen molar-refractivity contribution in [2.24, 2.45) is 0 Å². The molecular weight excluding hydrogens is 435 g/mol. The lowest BCUT2D eigenvalue weighted by molar-refractivity contribution is -0.119. The van der Waals surface area contributed by atoms with Crippen molar-refractivity contribution in [1.82, 2.24) is 4.98 Å². The summed E-state index contributed by atoms with van der Waals surface area (Å²) >= 11 is 3.15. The Morgan fingerprint density at radius 3 is 2.90 bits per heavy atom. The van der Waals surface area contributed by atoms with Crippen LogP contribution in [0.4, 0.5) is 9.52 Å². The molecule has 1 fully saturated rings. The van der Waals surface area contributed by atoms with E-state index in [0.717, 1.165) is 52.5 Å². The molecule has 1 saturated heterocycles. The molecule has 0 radical (unpaired) electrons. The monoisotopic (exact) mass is 460 g/mol. The van der Waals surface area contributed by atoms with Crippen molar-refractivity contribution >= 4 is 44.4 Å². The summed E-state index contributed by atoms with van der Waals surface area (Å²) < 4.78 is 25.1. The molecule has 4 rings (SSSR count). The highest BCUT2D eigenvalue weighted by Crippen LogP contribution is 2.32. The molecule has 3 aromatic rings. The van der Waals surface area contributed by atoms with Gasteiger partial charge in [-0.15, -0.1) is 11.8 Å². The van der Waals surface area contributed by atoms with Crippen molar-refractivity contribution in [1.29, 1.82) is 0 Å². The highest BCUT2D eigenvalue weighted by Gasteiger charge is 2.26. The maximum absolute atomic E-state index is 13.1. The first-order chi connectivity index (χ1) is 15.1. The highest BCUT2D eigenvalue weighted by atomic mass is 32.2. The molecule has 1 unspecified atom stereocenters. The summed E-state index contributed by atoms with van der Waals surface area (Å²) in [4.78, 5) is 20.6. The van der Waals surface area contributed by atoms with Gasteiger partial charge in [-0.05, 0) is 61.4 Å². The van der Waals surface area contributed by atoms with E-state index in [1.54, 1.807) is 35.9 Å². The van der Waals surface area contributed by atoms with Gasteiger partial charge in [0.25, 0.3) is 0 Å². The molecule has 0 spiro atoms. The standard InChI is InChI=1S/C23H25FN2O3S2/c1-28-17-8-11-21-20(14-17)25-23(31-21)26(15-18-4-2-12-29-18)22(27)5-3-13-30-19-9-6-16(24)7-10-19/h6-11,14,18H,2-5,12-13,15H2,1H3. The topological polar surface area (TPSA) is 51.7 Å². The first-order valence-corrected chi connectivity index (χ1v) is 12.2. The van der Waals surface area contributed by atoms with E-state index in [4.69, 9.17) is 14.5 Å². The van der Waals surface area contributed by atoms with Gasteiger partial charge < -0.3 is 9.47 Å². The van der Waals surface area contributed by atoms with Gasteiger partial charge >= 0.3 is 0 Å². The normalized spacial score (nSPS) is 16.0. The molecule has 0 saturated carbocycles. The van der Waals surface area contributed by atoms with Gasteiger partial charge in [0.05, 0.1) is 30.0 Å². The van der Waals surface area contributed by atoms with Crippen molar-refractivity contribution in [3.05, 3.63) is 48.3 Å². The van der Waals surface area contributed by atoms with Gasteiger partial charge in [-0.1, -0.05) is 11.3 Å². The molecule has 1 aliphatic heterocycles. The number of fused-ring (bicyclic) bond motifs is 1. The molecule has 31 heavy (non-hydrogen) atoms. The van der Waals surface area contributed by atoms with E-state index in [1.165, 1.54) is 23.5 Å². The van der Waals surface area contributed by atoms with Gasteiger partial charge in [0, 0.05) is 24.0 Å². The third-order valence-corrected chi connectivity index (χ3v) is 7.30. The Hall–Kier alpha value is -2.16. The molecule has 164 valence electrons. The highest BCUT2D eigenvalue weighted by molar-refractivity contribution is 7.99. The number of carbonyl (C=O) groups is 1. The number of thiazole rings is 1. The summed E-state index contributed by atoms with van der Waals surface area (Å²) in [6, 6.07) is 12.2. The average molecular weight is 461 g/mol. The number of ether oxygens (including phenoxy) is 2. The second-order valence-corrected chi connectivity index (χ2v) is 9.55. The number of thioether (sulfide) groups is 1. The van der Waals surface area contributed by atoms with Crippen LogP contribution in [0.5, 0.6) is 5.75 Å². The summed E-state index contributed by atoms with van der Waals surface area (Å²) in [6.07, 6.45) is 3.21. The summed E-state index contributed by atoms with van der Waals surface area (Å²) in [6.45, 7) is 1.28. The molecule has 8 heteroatoms. The molecule has 1 aliphatic rings. The zero-order valence-corrected chi connectivity index (χ0v) is 19.0. The summed E-state index contributed by atoms with van der Waals surface area (Å²) in [7, 11) is 1.63. The van der Waals surface area contributed by atoms with E-state index < -0.39 is 0 Å². The second kappa shape index (κ2) is 10.4. The van der Waals surface area contributed by atoms with Gasteiger partial charge in [0.2, 0.25) is 5.91 Å². The molecule has 1 amide bonds. The van der Waals surface area contributed by atoms with Crippen LogP contribution in [0, 0.1) is 5.82 Å². The van der Waals surface area contributed by atoms with Crippen LogP contribution in [-0.2, 0) is 9.53 Å². The Labute approximate surface area is 189 Å². The van der Waals surface area contributed by atoms with Crippen LogP contribution in [-0.4, -0.2) is 43.0 Å². The van der Waals surface area contributed by atoms with Crippen LogP contribution in [0.25, 0.3) is 10.2 Å². The Morgan fingerprint density at radius 1 is 1.32 bits per heavy atom. The summed E-state index contributed by atoms with van der Waals surface area (Å²) in [5, 5.41) is 0.704. The maximum atomic E-state index is 13.1. The Balaban J connectivity index is 1.42. The van der Waals surface area contributed by atoms with E-state index >= 15 is 0 Å². The third-order valence-electron chi connectivity index (χ3n) is 5.14. The van der Waals surface area contributed by atoms with Gasteiger partial charge in [-0.3, -0.25) is 9.69 Å². The maximum Gasteiger partial charge on any atom is 0.228 e. The van der Waals surface area contributed by atoms with Crippen molar-refractivity contribution in [3.63, 3.8) is 0 Å². The minimum absolute atomic E-state index is 0.0547. The Kier molecular flexibility index (Phi) is 7.42. The molecule has 2 heterocycles. The van der Waals surface area contributed by atoms with Gasteiger partial charge in [-0.2, -0.15) is 0 Å². The van der Waals surface area contributed by atoms with E-state index in [-0.39, 0.29) is 17.8 Å². The number of halogens is 1. The molecule has 0 bridgehead atoms. The minimum Gasteiger partial charge on any atom is -0.497 e. The number of aromatic nitrogens is 1. The zero-order valence-electron chi connectivity index (χ0n) is 17.4. The van der Waals surface area contributed by atoms with Crippen LogP contribution in [0.3, 0.4) is 0 Å². The number of anilines is 1. The molecular formula is C23H25FN2O3S2. The first kappa shape index (κ1) is 22.0. The van der Waals surface area contributed by atoms with E-state index in [9.17, 15) is 9.18 Å². The van der Waals surface area contributed by atoms with Crippen molar-refractivity contribution < 1.29 is 18.7 Å².